The SMILES string of the molecule is O=C(Oc1ccc2nc[nH]c2c1)c1ccccc1-n1cccn1. The van der Waals surface area contributed by atoms with Gasteiger partial charge in [-0.3, -0.25) is 0 Å². The van der Waals surface area contributed by atoms with Crippen molar-refractivity contribution in [1.29, 1.82) is 0 Å². The number of aromatic amines is 1. The molecule has 4 rings (SSSR count). The summed E-state index contributed by atoms with van der Waals surface area (Å²) < 4.78 is 7.12. The Morgan fingerprint density at radius 2 is 2.04 bits per heavy atom. The van der Waals surface area contributed by atoms with Crippen LogP contribution in [0.4, 0.5) is 0 Å². The van der Waals surface area contributed by atoms with Crippen molar-refractivity contribution in [2.75, 3.05) is 0 Å². The quantitative estimate of drug-likeness (QED) is 0.466. The highest BCUT2D eigenvalue weighted by Crippen LogP contribution is 2.21. The van der Waals surface area contributed by atoms with Gasteiger partial charge in [-0.15, -0.1) is 0 Å². The Labute approximate surface area is 131 Å². The first-order valence-corrected chi connectivity index (χ1v) is 7.05. The Bertz CT molecular complexity index is 973. The molecule has 0 radical (unpaired) electrons. The summed E-state index contributed by atoms with van der Waals surface area (Å²) in [6.45, 7) is 0. The summed E-state index contributed by atoms with van der Waals surface area (Å²) in [6.07, 6.45) is 5.04. The van der Waals surface area contributed by atoms with Gasteiger partial charge in [0, 0.05) is 18.5 Å². The van der Waals surface area contributed by atoms with E-state index in [0.29, 0.717) is 17.0 Å². The zero-order valence-electron chi connectivity index (χ0n) is 12.0. The zero-order valence-corrected chi connectivity index (χ0v) is 12.0. The molecule has 0 fully saturated rings. The molecule has 0 amide bonds. The molecule has 0 saturated carbocycles. The number of carbonyl (C=O) groups is 1. The van der Waals surface area contributed by atoms with Gasteiger partial charge in [-0.05, 0) is 30.3 Å². The average molecular weight is 304 g/mol. The average Bonchev–Trinajstić information content (AvgIpc) is 3.26. The number of carbonyl (C=O) groups excluding carboxylic acids is 1. The topological polar surface area (TPSA) is 72.8 Å². The summed E-state index contributed by atoms with van der Waals surface area (Å²) in [7, 11) is 0. The van der Waals surface area contributed by atoms with Crippen LogP contribution in [0, 0.1) is 0 Å². The van der Waals surface area contributed by atoms with Gasteiger partial charge in [-0.1, -0.05) is 12.1 Å². The van der Waals surface area contributed by atoms with Crippen LogP contribution < -0.4 is 4.74 Å². The predicted octanol–water partition coefficient (Wildman–Crippen LogP) is 2.97. The van der Waals surface area contributed by atoms with Crippen LogP contribution in [0.5, 0.6) is 5.75 Å². The van der Waals surface area contributed by atoms with Crippen molar-refractivity contribution in [2.45, 2.75) is 0 Å². The number of nitrogens with zero attached hydrogens (tertiary/aromatic N) is 3. The number of benzene rings is 2. The van der Waals surface area contributed by atoms with Crippen LogP contribution in [0.2, 0.25) is 0 Å². The summed E-state index contributed by atoms with van der Waals surface area (Å²) in [5, 5.41) is 4.17. The molecule has 0 saturated heterocycles. The molecule has 2 aromatic carbocycles. The summed E-state index contributed by atoms with van der Waals surface area (Å²) in [4.78, 5) is 19.6. The number of hydrogen-bond donors (Lipinski definition) is 1. The molecule has 0 aliphatic heterocycles. The van der Waals surface area contributed by atoms with Gasteiger partial charge in [0.15, 0.2) is 0 Å². The van der Waals surface area contributed by atoms with E-state index in [9.17, 15) is 4.79 Å². The van der Waals surface area contributed by atoms with E-state index in [1.807, 2.05) is 12.1 Å². The molecule has 2 heterocycles. The van der Waals surface area contributed by atoms with Gasteiger partial charge in [0.1, 0.15) is 5.75 Å². The minimum Gasteiger partial charge on any atom is -0.423 e. The minimum absolute atomic E-state index is 0.435. The highest BCUT2D eigenvalue weighted by Gasteiger charge is 2.15. The maximum atomic E-state index is 12.5. The molecule has 0 spiro atoms. The number of imidazole rings is 1. The lowest BCUT2D eigenvalue weighted by Gasteiger charge is -2.09. The number of hydrogen-bond acceptors (Lipinski definition) is 4. The first-order valence-electron chi connectivity index (χ1n) is 7.05. The van der Waals surface area contributed by atoms with Crippen molar-refractivity contribution in [1.82, 2.24) is 19.7 Å². The van der Waals surface area contributed by atoms with Crippen LogP contribution in [0.25, 0.3) is 16.7 Å². The number of H-pyrrole nitrogens is 1. The summed E-state index contributed by atoms with van der Waals surface area (Å²) >= 11 is 0. The molecule has 6 nitrogen and oxygen atoms in total. The monoisotopic (exact) mass is 304 g/mol. The molecule has 0 atom stereocenters. The lowest BCUT2D eigenvalue weighted by atomic mass is 10.2. The van der Waals surface area contributed by atoms with Crippen molar-refractivity contribution in [3.05, 3.63) is 72.8 Å². The van der Waals surface area contributed by atoms with E-state index in [1.54, 1.807) is 59.8 Å². The van der Waals surface area contributed by atoms with Crippen molar-refractivity contribution in [2.24, 2.45) is 0 Å². The van der Waals surface area contributed by atoms with E-state index in [1.165, 1.54) is 0 Å². The van der Waals surface area contributed by atoms with Gasteiger partial charge >= 0.3 is 5.97 Å². The fourth-order valence-corrected chi connectivity index (χ4v) is 2.40. The number of nitrogens with one attached hydrogen (secondary N) is 1. The number of rotatable bonds is 3. The number of fused-ring (bicyclic) bond motifs is 1. The number of aromatic nitrogens is 4. The van der Waals surface area contributed by atoms with Gasteiger partial charge < -0.3 is 9.72 Å². The molecule has 1 N–H and O–H groups in total. The second kappa shape index (κ2) is 5.42. The number of para-hydroxylation sites is 1. The fraction of sp³-hybridized carbons (Fsp3) is 0. The third kappa shape index (κ3) is 2.46. The second-order valence-corrected chi connectivity index (χ2v) is 4.94. The van der Waals surface area contributed by atoms with Crippen molar-refractivity contribution in [3.63, 3.8) is 0 Å². The zero-order chi connectivity index (χ0) is 15.6. The van der Waals surface area contributed by atoms with Gasteiger partial charge in [-0.2, -0.15) is 5.10 Å². The summed E-state index contributed by atoms with van der Waals surface area (Å²) in [5.74, 6) is 0.0250. The van der Waals surface area contributed by atoms with Gasteiger partial charge in [0.05, 0.1) is 28.6 Å². The molecule has 0 aliphatic rings. The van der Waals surface area contributed by atoms with Crippen molar-refractivity contribution >= 4 is 17.0 Å². The minimum atomic E-state index is -0.435. The first-order chi connectivity index (χ1) is 11.3. The highest BCUT2D eigenvalue weighted by atomic mass is 16.5. The maximum absolute atomic E-state index is 12.5. The van der Waals surface area contributed by atoms with E-state index in [-0.39, 0.29) is 0 Å². The Balaban J connectivity index is 1.67. The van der Waals surface area contributed by atoms with E-state index in [4.69, 9.17) is 4.74 Å². The Kier molecular flexibility index (Phi) is 3.12. The Morgan fingerprint density at radius 1 is 1.13 bits per heavy atom. The van der Waals surface area contributed by atoms with Gasteiger partial charge in [0.25, 0.3) is 0 Å². The lowest BCUT2D eigenvalue weighted by molar-refractivity contribution is 0.0735. The molecular formula is C17H12N4O2. The van der Waals surface area contributed by atoms with Crippen LogP contribution in [-0.2, 0) is 0 Å². The van der Waals surface area contributed by atoms with Crippen LogP contribution >= 0.6 is 0 Å². The van der Waals surface area contributed by atoms with Crippen LogP contribution in [-0.4, -0.2) is 25.7 Å². The third-order valence-electron chi connectivity index (χ3n) is 3.48. The second-order valence-electron chi connectivity index (χ2n) is 4.94. The molecule has 0 bridgehead atoms. The largest absolute Gasteiger partial charge is 0.423 e. The van der Waals surface area contributed by atoms with E-state index < -0.39 is 5.97 Å². The standard InChI is InChI=1S/C17H12N4O2/c22-17(23-12-6-7-14-15(10-12)19-11-18-14)13-4-1-2-5-16(13)21-9-3-8-20-21/h1-11H,(H,18,19). The fourth-order valence-electron chi connectivity index (χ4n) is 2.40. The van der Waals surface area contributed by atoms with Gasteiger partial charge in [0.2, 0.25) is 0 Å². The molecular weight excluding hydrogens is 292 g/mol. The third-order valence-corrected chi connectivity index (χ3v) is 3.48. The highest BCUT2D eigenvalue weighted by molar-refractivity contribution is 5.95. The van der Waals surface area contributed by atoms with Crippen molar-refractivity contribution < 1.29 is 9.53 Å². The predicted molar refractivity (Wildman–Crippen MR) is 84.6 cm³/mol. The molecule has 0 aliphatic carbocycles. The van der Waals surface area contributed by atoms with Crippen LogP contribution in [0.1, 0.15) is 10.4 Å². The smallest absolute Gasteiger partial charge is 0.345 e. The Hall–Kier alpha value is -3.41. The summed E-state index contributed by atoms with van der Waals surface area (Å²) in [6, 6.07) is 14.2. The number of ether oxygens (including phenoxy) is 1. The molecule has 112 valence electrons. The maximum Gasteiger partial charge on any atom is 0.345 e. The molecule has 2 aromatic heterocycles. The van der Waals surface area contributed by atoms with Gasteiger partial charge in [-0.25, -0.2) is 14.5 Å². The number of esters is 1. The normalized spacial score (nSPS) is 10.8. The molecule has 23 heavy (non-hydrogen) atoms. The van der Waals surface area contributed by atoms with E-state index in [0.717, 1.165) is 11.0 Å². The van der Waals surface area contributed by atoms with Crippen molar-refractivity contribution in [3.8, 4) is 11.4 Å². The molecule has 0 unspecified atom stereocenters. The van der Waals surface area contributed by atoms with E-state index in [2.05, 4.69) is 15.1 Å². The Morgan fingerprint density at radius 3 is 2.91 bits per heavy atom. The van der Waals surface area contributed by atoms with Crippen LogP contribution in [0.3, 0.4) is 0 Å². The van der Waals surface area contributed by atoms with Crippen LogP contribution in [0.15, 0.2) is 67.3 Å². The van der Waals surface area contributed by atoms with E-state index >= 15 is 0 Å². The molecule has 6 heteroatoms. The summed E-state index contributed by atoms with van der Waals surface area (Å²) in [5.41, 5.74) is 2.75. The molecule has 4 aromatic rings. The first kappa shape index (κ1) is 13.3. The lowest BCUT2D eigenvalue weighted by Crippen LogP contribution is -2.12.